The molecule has 77 heavy (non-hydrogen) atoms. The molecule has 0 radical (unpaired) electrons. The van der Waals surface area contributed by atoms with E-state index in [1.807, 2.05) is 0 Å². The fourth-order valence-corrected chi connectivity index (χ4v) is 9.18. The van der Waals surface area contributed by atoms with Gasteiger partial charge in [0.1, 0.15) is 13.2 Å². The summed E-state index contributed by atoms with van der Waals surface area (Å²) in [6, 6.07) is 0. The van der Waals surface area contributed by atoms with Gasteiger partial charge in [-0.2, -0.15) is 0 Å². The minimum atomic E-state index is -0.779. The maximum atomic E-state index is 12.9. The Morgan fingerprint density at radius 1 is 0.273 bits per heavy atom. The smallest absolute Gasteiger partial charge is 0.306 e. The standard InChI is InChI=1S/C71H122O6/c1-4-7-10-13-16-19-21-23-25-27-28-29-30-31-32-33-34-35-36-37-38-39-40-41-42-44-45-47-49-52-55-58-61-64-70(73)76-67-68(66-75-69(72)63-60-57-54-51-18-15-12-9-6-3)77-71(74)65-62-59-56-53-50-48-46-43-26-24-22-20-17-14-11-8-5-2/h7,10,16-17,19-20,23-26,28-29,31-32,34-35,68H,4-6,8-9,11-15,18,21-22,27,30,33,36-67H2,1-3H3/b10-7-,19-16-,20-17-,25-23-,26-24-,29-28-,32-31-,35-34-. The van der Waals surface area contributed by atoms with Crippen molar-refractivity contribution in [3.05, 3.63) is 97.2 Å². The Kier molecular flexibility index (Phi) is 61.8. The van der Waals surface area contributed by atoms with Gasteiger partial charge in [-0.15, -0.1) is 0 Å². The summed E-state index contributed by atoms with van der Waals surface area (Å²) >= 11 is 0. The number of ether oxygens (including phenoxy) is 3. The molecule has 0 spiro atoms. The molecule has 0 saturated heterocycles. The molecule has 6 nitrogen and oxygen atoms in total. The van der Waals surface area contributed by atoms with Crippen molar-refractivity contribution in [1.82, 2.24) is 0 Å². The van der Waals surface area contributed by atoms with Crippen molar-refractivity contribution in [3.63, 3.8) is 0 Å². The summed E-state index contributed by atoms with van der Waals surface area (Å²) < 4.78 is 16.9. The van der Waals surface area contributed by atoms with Gasteiger partial charge in [-0.05, 0) is 103 Å². The predicted molar refractivity (Wildman–Crippen MR) is 334 cm³/mol. The van der Waals surface area contributed by atoms with Crippen molar-refractivity contribution in [2.75, 3.05) is 13.2 Å². The van der Waals surface area contributed by atoms with Crippen LogP contribution in [0.4, 0.5) is 0 Å². The quantitative estimate of drug-likeness (QED) is 0.0261. The first-order chi connectivity index (χ1) is 38.0. The zero-order valence-electron chi connectivity index (χ0n) is 50.7. The molecule has 0 rings (SSSR count). The van der Waals surface area contributed by atoms with Crippen LogP contribution in [-0.4, -0.2) is 37.2 Å². The minimum Gasteiger partial charge on any atom is -0.462 e. The van der Waals surface area contributed by atoms with Crippen LogP contribution in [-0.2, 0) is 28.6 Å². The van der Waals surface area contributed by atoms with Gasteiger partial charge in [0.2, 0.25) is 0 Å². The Bertz CT molecular complexity index is 1510. The van der Waals surface area contributed by atoms with Crippen LogP contribution >= 0.6 is 0 Å². The lowest BCUT2D eigenvalue weighted by atomic mass is 10.0. The Hall–Kier alpha value is -3.67. The second-order valence-electron chi connectivity index (χ2n) is 21.6. The lowest BCUT2D eigenvalue weighted by Crippen LogP contribution is -2.30. The van der Waals surface area contributed by atoms with E-state index in [2.05, 4.69) is 118 Å². The summed E-state index contributed by atoms with van der Waals surface area (Å²) in [6.07, 6.45) is 87.2. The van der Waals surface area contributed by atoms with E-state index >= 15 is 0 Å². The Morgan fingerprint density at radius 2 is 0.506 bits per heavy atom. The number of hydrogen-bond donors (Lipinski definition) is 0. The highest BCUT2D eigenvalue weighted by Crippen LogP contribution is 2.16. The molecule has 6 heteroatoms. The SMILES string of the molecule is CC/C=C\C/C=C\C/C=C\C/C=C\C/C=C\C/C=C\CCCCCCCCCCCCCCCCC(=O)OCC(COC(=O)CCCCCCCCCCC)OC(=O)CCCCCCCCC/C=C\C/C=C\CCCCC. The van der Waals surface area contributed by atoms with E-state index < -0.39 is 6.10 Å². The maximum Gasteiger partial charge on any atom is 0.306 e. The molecule has 1 unspecified atom stereocenters. The molecule has 0 heterocycles. The fraction of sp³-hybridized carbons (Fsp3) is 0.732. The third-order valence-corrected chi connectivity index (χ3v) is 14.1. The Balaban J connectivity index is 4.12. The van der Waals surface area contributed by atoms with Crippen LogP contribution in [0.15, 0.2) is 97.2 Å². The Morgan fingerprint density at radius 3 is 0.818 bits per heavy atom. The first-order valence-electron chi connectivity index (χ1n) is 32.7. The summed E-state index contributed by atoms with van der Waals surface area (Å²) in [4.78, 5) is 38.2. The highest BCUT2D eigenvalue weighted by atomic mass is 16.6. The first-order valence-corrected chi connectivity index (χ1v) is 32.7. The van der Waals surface area contributed by atoms with Gasteiger partial charge in [-0.25, -0.2) is 0 Å². The van der Waals surface area contributed by atoms with E-state index in [0.29, 0.717) is 19.3 Å². The van der Waals surface area contributed by atoms with Crippen LogP contribution in [0.25, 0.3) is 0 Å². The summed E-state index contributed by atoms with van der Waals surface area (Å²) in [5.74, 6) is -0.877. The third-order valence-electron chi connectivity index (χ3n) is 14.1. The van der Waals surface area contributed by atoms with Crippen LogP contribution in [0.5, 0.6) is 0 Å². The number of hydrogen-bond acceptors (Lipinski definition) is 6. The van der Waals surface area contributed by atoms with Crippen molar-refractivity contribution < 1.29 is 28.6 Å². The second kappa shape index (κ2) is 64.9. The van der Waals surface area contributed by atoms with Gasteiger partial charge in [-0.1, -0.05) is 291 Å². The highest BCUT2D eigenvalue weighted by molar-refractivity contribution is 5.71. The van der Waals surface area contributed by atoms with Gasteiger partial charge in [0.25, 0.3) is 0 Å². The number of esters is 3. The molecular formula is C71H122O6. The second-order valence-corrected chi connectivity index (χ2v) is 21.6. The molecule has 0 amide bonds. The van der Waals surface area contributed by atoms with Crippen LogP contribution in [0.2, 0.25) is 0 Å². The summed E-state index contributed by atoms with van der Waals surface area (Å²) in [5.41, 5.74) is 0. The average molecular weight is 1070 g/mol. The monoisotopic (exact) mass is 1070 g/mol. The van der Waals surface area contributed by atoms with E-state index in [-0.39, 0.29) is 31.1 Å². The van der Waals surface area contributed by atoms with Crippen molar-refractivity contribution >= 4 is 17.9 Å². The normalized spacial score (nSPS) is 12.7. The molecule has 0 aromatic carbocycles. The molecule has 0 bridgehead atoms. The lowest BCUT2D eigenvalue weighted by Gasteiger charge is -2.18. The van der Waals surface area contributed by atoms with Crippen LogP contribution in [0, 0.1) is 0 Å². The molecule has 0 fully saturated rings. The number of carbonyl (C=O) groups is 3. The molecule has 0 aliphatic carbocycles. The maximum absolute atomic E-state index is 12.9. The fourth-order valence-electron chi connectivity index (χ4n) is 9.18. The summed E-state index contributed by atoms with van der Waals surface area (Å²) in [7, 11) is 0. The van der Waals surface area contributed by atoms with Crippen LogP contribution in [0.1, 0.15) is 316 Å². The summed E-state index contributed by atoms with van der Waals surface area (Å²) in [5, 5.41) is 0. The molecule has 1 atom stereocenters. The van der Waals surface area contributed by atoms with Crippen molar-refractivity contribution in [3.8, 4) is 0 Å². The average Bonchev–Trinajstić information content (AvgIpc) is 3.43. The Labute approximate surface area is 477 Å². The molecule has 0 aliphatic rings. The van der Waals surface area contributed by atoms with E-state index in [1.165, 1.54) is 167 Å². The predicted octanol–water partition coefficient (Wildman–Crippen LogP) is 22.4. The summed E-state index contributed by atoms with van der Waals surface area (Å²) in [6.45, 7) is 6.50. The van der Waals surface area contributed by atoms with Gasteiger partial charge in [0.05, 0.1) is 0 Å². The molecular weight excluding hydrogens is 949 g/mol. The number of carbonyl (C=O) groups excluding carboxylic acids is 3. The van der Waals surface area contributed by atoms with Crippen molar-refractivity contribution in [1.29, 1.82) is 0 Å². The number of allylic oxidation sites excluding steroid dienone is 16. The first kappa shape index (κ1) is 73.3. The van der Waals surface area contributed by atoms with Gasteiger partial charge < -0.3 is 14.2 Å². The topological polar surface area (TPSA) is 78.9 Å². The van der Waals surface area contributed by atoms with E-state index in [4.69, 9.17) is 14.2 Å². The van der Waals surface area contributed by atoms with Gasteiger partial charge in [0, 0.05) is 19.3 Å². The van der Waals surface area contributed by atoms with E-state index in [0.717, 1.165) is 109 Å². The zero-order valence-corrected chi connectivity index (χ0v) is 50.7. The highest BCUT2D eigenvalue weighted by Gasteiger charge is 2.19. The van der Waals surface area contributed by atoms with Gasteiger partial charge in [-0.3, -0.25) is 14.4 Å². The number of rotatable bonds is 59. The molecule has 442 valence electrons. The van der Waals surface area contributed by atoms with Crippen LogP contribution in [0.3, 0.4) is 0 Å². The number of unbranched alkanes of at least 4 members (excludes halogenated alkanes) is 32. The van der Waals surface area contributed by atoms with E-state index in [9.17, 15) is 14.4 Å². The molecule has 0 aromatic heterocycles. The zero-order chi connectivity index (χ0) is 55.7. The molecule has 0 N–H and O–H groups in total. The molecule has 0 aliphatic heterocycles. The van der Waals surface area contributed by atoms with Crippen molar-refractivity contribution in [2.24, 2.45) is 0 Å². The largest absolute Gasteiger partial charge is 0.462 e. The van der Waals surface area contributed by atoms with Gasteiger partial charge >= 0.3 is 17.9 Å². The lowest BCUT2D eigenvalue weighted by molar-refractivity contribution is -0.167. The van der Waals surface area contributed by atoms with Crippen molar-refractivity contribution in [2.45, 2.75) is 322 Å². The molecule has 0 aromatic rings. The minimum absolute atomic E-state index is 0.0769. The third kappa shape index (κ3) is 63.0. The molecule has 0 saturated carbocycles. The van der Waals surface area contributed by atoms with Gasteiger partial charge in [0.15, 0.2) is 6.10 Å². The van der Waals surface area contributed by atoms with Crippen LogP contribution < -0.4 is 0 Å². The van der Waals surface area contributed by atoms with E-state index in [1.54, 1.807) is 0 Å².